The van der Waals surface area contributed by atoms with Gasteiger partial charge >= 0.3 is 0 Å². The van der Waals surface area contributed by atoms with E-state index >= 15 is 0 Å². The highest BCUT2D eigenvalue weighted by Gasteiger charge is 2.34. The predicted molar refractivity (Wildman–Crippen MR) is 189 cm³/mol. The standard InChI is InChI=1S/C32H68P.C6H12O2/c1-5-9-13-17-18-19-20-21-22-23-24-28-32-33(29-25-14-10-6-2,30-26-15-11-7-3)31-27-16-12-8-4;1-2-3-4-5-6(7)8/h5-32H2,1-4H3;2-5H2,1H3,(H,7,8)/q+1;/p-1. The Bertz CT molecular complexity index is 461. The topological polar surface area (TPSA) is 40.1 Å². The van der Waals surface area contributed by atoms with Crippen LogP contribution >= 0.6 is 7.26 Å². The molecule has 0 aliphatic carbocycles. The first-order valence-electron chi connectivity index (χ1n) is 19.1. The average Bonchev–Trinajstić information content (AvgIpc) is 2.96. The van der Waals surface area contributed by atoms with Crippen molar-refractivity contribution in [1.29, 1.82) is 0 Å². The molecule has 0 aromatic heterocycles. The summed E-state index contributed by atoms with van der Waals surface area (Å²) in [5.41, 5.74) is 0. The van der Waals surface area contributed by atoms with Gasteiger partial charge in [-0.1, -0.05) is 150 Å². The zero-order chi connectivity index (χ0) is 30.7. The van der Waals surface area contributed by atoms with Crippen molar-refractivity contribution in [1.82, 2.24) is 0 Å². The second-order valence-electron chi connectivity index (χ2n) is 13.1. The lowest BCUT2D eigenvalue weighted by Gasteiger charge is -2.28. The molecule has 0 atom stereocenters. The minimum absolute atomic E-state index is 0.216. The van der Waals surface area contributed by atoms with Gasteiger partial charge in [-0.3, -0.25) is 0 Å². The number of carboxylic acids is 1. The number of aliphatic carboxylic acids is 1. The molecule has 0 unspecified atom stereocenters. The van der Waals surface area contributed by atoms with E-state index in [1.165, 1.54) is 128 Å². The summed E-state index contributed by atoms with van der Waals surface area (Å²) in [5.74, 6) is -0.932. The third-order valence-electron chi connectivity index (χ3n) is 8.93. The van der Waals surface area contributed by atoms with Gasteiger partial charge in [0.1, 0.15) is 0 Å². The van der Waals surface area contributed by atoms with E-state index in [1.807, 2.05) is 6.92 Å². The van der Waals surface area contributed by atoms with E-state index in [9.17, 15) is 9.90 Å². The minimum atomic E-state index is -0.932. The van der Waals surface area contributed by atoms with Crippen molar-refractivity contribution in [2.45, 2.75) is 214 Å². The van der Waals surface area contributed by atoms with Crippen LogP contribution in [0.4, 0.5) is 0 Å². The van der Waals surface area contributed by atoms with E-state index in [-0.39, 0.29) is 6.42 Å². The summed E-state index contributed by atoms with van der Waals surface area (Å²) in [6, 6.07) is 0. The lowest BCUT2D eigenvalue weighted by Crippen LogP contribution is -2.21. The molecule has 0 fully saturated rings. The van der Waals surface area contributed by atoms with Crippen molar-refractivity contribution < 1.29 is 9.90 Å². The normalized spacial score (nSPS) is 11.4. The van der Waals surface area contributed by atoms with E-state index in [0.29, 0.717) is 0 Å². The highest BCUT2D eigenvalue weighted by atomic mass is 31.2. The molecule has 0 aromatic carbocycles. The van der Waals surface area contributed by atoms with Crippen LogP contribution in [0.1, 0.15) is 214 Å². The Morgan fingerprint density at radius 2 is 0.585 bits per heavy atom. The predicted octanol–water partition coefficient (Wildman–Crippen LogP) is 12.8. The molecule has 0 spiro atoms. The summed E-state index contributed by atoms with van der Waals surface area (Å²) in [5, 5.41) is 9.76. The number of rotatable bonds is 32. The first-order chi connectivity index (χ1) is 20.0. The van der Waals surface area contributed by atoms with Crippen molar-refractivity contribution >= 4 is 13.2 Å². The van der Waals surface area contributed by atoms with Crippen LogP contribution in [0.25, 0.3) is 0 Å². The smallest absolute Gasteiger partial charge is 0.0594 e. The van der Waals surface area contributed by atoms with Crippen LogP contribution in [0.3, 0.4) is 0 Å². The van der Waals surface area contributed by atoms with E-state index < -0.39 is 13.2 Å². The molecule has 0 saturated carbocycles. The summed E-state index contributed by atoms with van der Waals surface area (Å²) >= 11 is 0. The Labute approximate surface area is 261 Å². The van der Waals surface area contributed by atoms with Crippen LogP contribution in [-0.2, 0) is 4.79 Å². The van der Waals surface area contributed by atoms with Gasteiger partial charge in [0.25, 0.3) is 0 Å². The molecule has 0 saturated heterocycles. The fraction of sp³-hybridized carbons (Fsp3) is 0.974. The second kappa shape index (κ2) is 36.1. The first-order valence-corrected chi connectivity index (χ1v) is 21.6. The van der Waals surface area contributed by atoms with Crippen molar-refractivity contribution in [3.05, 3.63) is 0 Å². The molecule has 0 heterocycles. The van der Waals surface area contributed by atoms with Crippen LogP contribution in [0.5, 0.6) is 0 Å². The molecule has 0 aliphatic rings. The van der Waals surface area contributed by atoms with Gasteiger partial charge in [0, 0.05) is 13.2 Å². The highest BCUT2D eigenvalue weighted by molar-refractivity contribution is 7.75. The maximum atomic E-state index is 9.76. The van der Waals surface area contributed by atoms with Crippen LogP contribution in [0.2, 0.25) is 0 Å². The van der Waals surface area contributed by atoms with Gasteiger partial charge in [-0.25, -0.2) is 0 Å². The number of carbonyl (C=O) groups excluding carboxylic acids is 1. The molecule has 0 aliphatic heterocycles. The molecule has 248 valence electrons. The lowest BCUT2D eigenvalue weighted by molar-refractivity contribution is -0.305. The summed E-state index contributed by atoms with van der Waals surface area (Å²) in [7, 11) is -0.697. The van der Waals surface area contributed by atoms with E-state index in [0.717, 1.165) is 19.3 Å². The summed E-state index contributed by atoms with van der Waals surface area (Å²) in [6.45, 7) is 11.5. The van der Waals surface area contributed by atoms with Crippen LogP contribution in [-0.4, -0.2) is 30.6 Å². The third-order valence-corrected chi connectivity index (χ3v) is 14.0. The fourth-order valence-corrected chi connectivity index (χ4v) is 11.0. The minimum Gasteiger partial charge on any atom is -0.550 e. The Balaban J connectivity index is 0. The highest BCUT2D eigenvalue weighted by Crippen LogP contribution is 2.61. The Morgan fingerprint density at radius 3 is 0.854 bits per heavy atom. The number of hydrogen-bond acceptors (Lipinski definition) is 2. The molecule has 0 amide bonds. The summed E-state index contributed by atoms with van der Waals surface area (Å²) in [4.78, 5) is 9.76. The summed E-state index contributed by atoms with van der Waals surface area (Å²) in [6.07, 6.45) is 45.1. The van der Waals surface area contributed by atoms with E-state index in [1.54, 1.807) is 50.3 Å². The average molecular weight is 599 g/mol. The SMILES string of the molecule is CCCCCC(=O)[O-].CCCCCCCCCCCCCC[P+](CCCCCC)(CCCCCC)CCCCCC. The molecular formula is C38H79O2P. The second-order valence-corrected chi connectivity index (χ2v) is 17.6. The van der Waals surface area contributed by atoms with Gasteiger partial charge in [0.15, 0.2) is 0 Å². The van der Waals surface area contributed by atoms with Gasteiger partial charge in [-0.15, -0.1) is 0 Å². The van der Waals surface area contributed by atoms with Crippen molar-refractivity contribution in [3.63, 3.8) is 0 Å². The summed E-state index contributed by atoms with van der Waals surface area (Å²) < 4.78 is 0. The molecule has 0 rings (SSSR count). The van der Waals surface area contributed by atoms with Gasteiger partial charge in [-0.2, -0.15) is 0 Å². The third kappa shape index (κ3) is 34.3. The van der Waals surface area contributed by atoms with Crippen LogP contribution in [0, 0.1) is 0 Å². The Morgan fingerprint density at radius 1 is 0.366 bits per heavy atom. The number of carboxylic acid groups (broad SMARTS) is 1. The van der Waals surface area contributed by atoms with Crippen molar-refractivity contribution in [2.24, 2.45) is 0 Å². The number of hydrogen-bond donors (Lipinski definition) is 0. The molecule has 41 heavy (non-hydrogen) atoms. The first kappa shape index (κ1) is 43.0. The molecule has 3 heteroatoms. The fourth-order valence-electron chi connectivity index (χ4n) is 6.10. The van der Waals surface area contributed by atoms with Crippen molar-refractivity contribution in [2.75, 3.05) is 24.6 Å². The zero-order valence-corrected chi connectivity index (χ0v) is 30.3. The molecule has 2 nitrogen and oxygen atoms in total. The zero-order valence-electron chi connectivity index (χ0n) is 29.4. The van der Waals surface area contributed by atoms with Gasteiger partial charge in [0.05, 0.1) is 24.6 Å². The van der Waals surface area contributed by atoms with E-state index in [2.05, 4.69) is 27.7 Å². The molecular weight excluding hydrogens is 519 g/mol. The van der Waals surface area contributed by atoms with E-state index in [4.69, 9.17) is 0 Å². The van der Waals surface area contributed by atoms with Crippen LogP contribution in [0.15, 0.2) is 0 Å². The maximum Gasteiger partial charge on any atom is 0.0594 e. The Hall–Kier alpha value is -0.100. The molecule has 0 radical (unpaired) electrons. The number of carbonyl (C=O) groups is 1. The van der Waals surface area contributed by atoms with Crippen LogP contribution < -0.4 is 5.11 Å². The largest absolute Gasteiger partial charge is 0.550 e. The quantitative estimate of drug-likeness (QED) is 0.0571. The lowest BCUT2D eigenvalue weighted by atomic mass is 10.1. The van der Waals surface area contributed by atoms with Gasteiger partial charge in [-0.05, 0) is 64.2 Å². The monoisotopic (exact) mass is 599 g/mol. The Kier molecular flexibility index (Phi) is 37.9. The maximum absolute atomic E-state index is 9.76. The van der Waals surface area contributed by atoms with Crippen molar-refractivity contribution in [3.8, 4) is 0 Å². The van der Waals surface area contributed by atoms with Gasteiger partial charge < -0.3 is 9.90 Å². The molecule has 0 aromatic rings. The molecule has 0 bridgehead atoms. The van der Waals surface area contributed by atoms with Gasteiger partial charge in [0.2, 0.25) is 0 Å². The number of unbranched alkanes of at least 4 members (excludes halogenated alkanes) is 22. The molecule has 0 N–H and O–H groups in total.